The van der Waals surface area contributed by atoms with Crippen LogP contribution in [0.1, 0.15) is 25.0 Å². The molecule has 2 aromatic rings. The number of nitro benzene ring substituents is 1. The van der Waals surface area contributed by atoms with Crippen LogP contribution in [0.3, 0.4) is 0 Å². The lowest BCUT2D eigenvalue weighted by molar-refractivity contribution is -0.385. The summed E-state index contributed by atoms with van der Waals surface area (Å²) in [5.74, 6) is 0. The van der Waals surface area contributed by atoms with E-state index in [2.05, 4.69) is 47.9 Å². The first-order valence-electron chi connectivity index (χ1n) is 8.69. The van der Waals surface area contributed by atoms with Crippen molar-refractivity contribution in [2.75, 3.05) is 19.6 Å². The topological polar surface area (TPSA) is 49.6 Å². The number of hydrogen-bond donors (Lipinski definition) is 0. The van der Waals surface area contributed by atoms with Gasteiger partial charge in [0, 0.05) is 49.9 Å². The van der Waals surface area contributed by atoms with E-state index in [0.29, 0.717) is 6.54 Å². The van der Waals surface area contributed by atoms with Crippen molar-refractivity contribution >= 4 is 5.69 Å². The summed E-state index contributed by atoms with van der Waals surface area (Å²) in [7, 11) is 0. The van der Waals surface area contributed by atoms with Crippen LogP contribution >= 0.6 is 0 Å². The molecule has 1 aliphatic heterocycles. The lowest BCUT2D eigenvalue weighted by Gasteiger charge is -2.47. The molecule has 3 rings (SSSR count). The highest BCUT2D eigenvalue weighted by Gasteiger charge is 2.34. The average Bonchev–Trinajstić information content (AvgIpc) is 2.58. The molecule has 1 fully saturated rings. The van der Waals surface area contributed by atoms with Gasteiger partial charge in [-0.1, -0.05) is 48.5 Å². The summed E-state index contributed by atoms with van der Waals surface area (Å²) in [6.45, 7) is 8.84. The predicted octanol–water partition coefficient (Wildman–Crippen LogP) is 3.69. The Hall–Kier alpha value is -2.24. The van der Waals surface area contributed by atoms with Gasteiger partial charge < -0.3 is 0 Å². The maximum atomic E-state index is 11.2. The summed E-state index contributed by atoms with van der Waals surface area (Å²) in [5.41, 5.74) is 2.35. The van der Waals surface area contributed by atoms with Crippen molar-refractivity contribution in [2.45, 2.75) is 32.5 Å². The molecule has 0 bridgehead atoms. The van der Waals surface area contributed by atoms with Crippen molar-refractivity contribution in [1.82, 2.24) is 9.80 Å². The first kappa shape index (κ1) is 17.6. The Morgan fingerprint density at radius 2 is 1.68 bits per heavy atom. The lowest BCUT2D eigenvalue weighted by atomic mass is 9.97. The summed E-state index contributed by atoms with van der Waals surface area (Å²) in [5, 5.41) is 11.2. The molecule has 132 valence electrons. The molecule has 5 heteroatoms. The highest BCUT2D eigenvalue weighted by atomic mass is 16.6. The zero-order valence-corrected chi connectivity index (χ0v) is 14.9. The summed E-state index contributed by atoms with van der Waals surface area (Å²) in [6.07, 6.45) is 0. The van der Waals surface area contributed by atoms with E-state index in [1.807, 2.05) is 18.2 Å². The fourth-order valence-electron chi connectivity index (χ4n) is 3.59. The minimum atomic E-state index is -0.286. The van der Waals surface area contributed by atoms with E-state index >= 15 is 0 Å². The molecule has 0 atom stereocenters. The van der Waals surface area contributed by atoms with Crippen LogP contribution in [0.4, 0.5) is 5.69 Å². The fourth-order valence-corrected chi connectivity index (χ4v) is 3.59. The third kappa shape index (κ3) is 4.24. The second-order valence-corrected chi connectivity index (χ2v) is 7.32. The third-order valence-corrected chi connectivity index (χ3v) is 4.95. The van der Waals surface area contributed by atoms with Gasteiger partial charge in [-0.25, -0.2) is 0 Å². The fraction of sp³-hybridized carbons (Fsp3) is 0.400. The van der Waals surface area contributed by atoms with Crippen LogP contribution in [0.15, 0.2) is 54.6 Å². The molecular weight excluding hydrogens is 314 g/mol. The standard InChI is InChI=1S/C20H25N3O2/c1-20(2)16-21(15-18-10-6-7-11-19(18)23(24)25)12-13-22(20)14-17-8-4-3-5-9-17/h3-11H,12-16H2,1-2H3. The van der Waals surface area contributed by atoms with Gasteiger partial charge >= 0.3 is 0 Å². The summed E-state index contributed by atoms with van der Waals surface area (Å²) in [6, 6.07) is 17.6. The van der Waals surface area contributed by atoms with Crippen molar-refractivity contribution in [3.63, 3.8) is 0 Å². The zero-order valence-electron chi connectivity index (χ0n) is 14.9. The largest absolute Gasteiger partial charge is 0.296 e. The Morgan fingerprint density at radius 3 is 2.36 bits per heavy atom. The summed E-state index contributed by atoms with van der Waals surface area (Å²) >= 11 is 0. The minimum absolute atomic E-state index is 0.0254. The molecule has 0 aromatic heterocycles. The monoisotopic (exact) mass is 339 g/mol. The molecule has 0 saturated carbocycles. The van der Waals surface area contributed by atoms with Gasteiger partial charge in [-0.15, -0.1) is 0 Å². The van der Waals surface area contributed by atoms with Crippen LogP contribution in [-0.2, 0) is 13.1 Å². The van der Waals surface area contributed by atoms with Crippen molar-refractivity contribution < 1.29 is 4.92 Å². The molecule has 2 aromatic carbocycles. The molecule has 0 spiro atoms. The normalized spacial score (nSPS) is 18.2. The van der Waals surface area contributed by atoms with Gasteiger partial charge in [0.05, 0.1) is 4.92 Å². The molecule has 0 unspecified atom stereocenters. The molecule has 5 nitrogen and oxygen atoms in total. The van der Waals surface area contributed by atoms with Crippen LogP contribution in [0.2, 0.25) is 0 Å². The van der Waals surface area contributed by atoms with Crippen LogP contribution in [-0.4, -0.2) is 39.9 Å². The van der Waals surface area contributed by atoms with Gasteiger partial charge in [-0.05, 0) is 19.4 Å². The Morgan fingerprint density at radius 1 is 1.00 bits per heavy atom. The molecule has 0 radical (unpaired) electrons. The number of nitro groups is 1. The van der Waals surface area contributed by atoms with Crippen molar-refractivity contribution in [2.24, 2.45) is 0 Å². The molecule has 25 heavy (non-hydrogen) atoms. The second-order valence-electron chi connectivity index (χ2n) is 7.32. The van der Waals surface area contributed by atoms with Gasteiger partial charge in [0.15, 0.2) is 0 Å². The molecule has 0 aliphatic carbocycles. The predicted molar refractivity (Wildman–Crippen MR) is 99.3 cm³/mol. The third-order valence-electron chi connectivity index (χ3n) is 4.95. The number of para-hydroxylation sites is 1. The molecule has 1 saturated heterocycles. The maximum absolute atomic E-state index is 11.2. The SMILES string of the molecule is CC1(C)CN(Cc2ccccc2[N+](=O)[O-])CCN1Cc1ccccc1. The van der Waals surface area contributed by atoms with E-state index in [9.17, 15) is 10.1 Å². The molecular formula is C20H25N3O2. The van der Waals surface area contributed by atoms with Crippen LogP contribution in [0, 0.1) is 10.1 Å². The first-order chi connectivity index (χ1) is 12.0. The smallest absolute Gasteiger partial charge is 0.273 e. The van der Waals surface area contributed by atoms with E-state index in [0.717, 1.165) is 31.7 Å². The van der Waals surface area contributed by atoms with Gasteiger partial charge in [0.2, 0.25) is 0 Å². The molecule has 0 N–H and O–H groups in total. The highest BCUT2D eigenvalue weighted by molar-refractivity contribution is 5.39. The summed E-state index contributed by atoms with van der Waals surface area (Å²) in [4.78, 5) is 15.8. The zero-order chi connectivity index (χ0) is 17.9. The average molecular weight is 339 g/mol. The number of hydrogen-bond acceptors (Lipinski definition) is 4. The van der Waals surface area contributed by atoms with Gasteiger partial charge in [-0.2, -0.15) is 0 Å². The minimum Gasteiger partial charge on any atom is -0.296 e. The Balaban J connectivity index is 1.67. The van der Waals surface area contributed by atoms with Gasteiger partial charge in [-0.3, -0.25) is 19.9 Å². The number of benzene rings is 2. The van der Waals surface area contributed by atoms with E-state index in [-0.39, 0.29) is 16.1 Å². The lowest BCUT2D eigenvalue weighted by Crippen LogP contribution is -2.58. The van der Waals surface area contributed by atoms with Gasteiger partial charge in [0.1, 0.15) is 0 Å². The number of piperazine rings is 1. The van der Waals surface area contributed by atoms with Crippen molar-refractivity contribution in [3.05, 3.63) is 75.8 Å². The quantitative estimate of drug-likeness (QED) is 0.616. The molecule has 1 aliphatic rings. The van der Waals surface area contributed by atoms with Crippen LogP contribution in [0.5, 0.6) is 0 Å². The van der Waals surface area contributed by atoms with Gasteiger partial charge in [0.25, 0.3) is 5.69 Å². The first-order valence-corrected chi connectivity index (χ1v) is 8.69. The second kappa shape index (κ2) is 7.33. The van der Waals surface area contributed by atoms with E-state index < -0.39 is 0 Å². The molecule has 0 amide bonds. The van der Waals surface area contributed by atoms with Crippen LogP contribution in [0.25, 0.3) is 0 Å². The van der Waals surface area contributed by atoms with Crippen molar-refractivity contribution in [3.8, 4) is 0 Å². The Kier molecular flexibility index (Phi) is 5.16. The Bertz CT molecular complexity index is 731. The van der Waals surface area contributed by atoms with E-state index in [1.54, 1.807) is 12.1 Å². The highest BCUT2D eigenvalue weighted by Crippen LogP contribution is 2.26. The number of nitrogens with zero attached hydrogens (tertiary/aromatic N) is 3. The Labute approximate surface area is 149 Å². The molecule has 1 heterocycles. The van der Waals surface area contributed by atoms with E-state index in [1.165, 1.54) is 5.56 Å². The maximum Gasteiger partial charge on any atom is 0.273 e. The van der Waals surface area contributed by atoms with Crippen molar-refractivity contribution in [1.29, 1.82) is 0 Å². The number of rotatable bonds is 5. The van der Waals surface area contributed by atoms with Crippen LogP contribution < -0.4 is 0 Å². The van der Waals surface area contributed by atoms with E-state index in [4.69, 9.17) is 0 Å². The summed E-state index contributed by atoms with van der Waals surface area (Å²) < 4.78 is 0.